The Kier molecular flexibility index (Phi) is 3.67. The largest absolute Gasteiger partial charge is 0.308 e. The molecule has 0 radical (unpaired) electrons. The minimum absolute atomic E-state index is 0.694. The van der Waals surface area contributed by atoms with Crippen LogP contribution in [0.25, 0.3) is 0 Å². The molecule has 0 aliphatic rings. The molecule has 0 heterocycles. The Bertz CT molecular complexity index is 579. The molecular formula is C16H15OP. The zero-order valence-electron chi connectivity index (χ0n) is 10.3. The van der Waals surface area contributed by atoms with Crippen molar-refractivity contribution in [3.63, 3.8) is 0 Å². The van der Waals surface area contributed by atoms with Crippen LogP contribution in [-0.2, 0) is 4.57 Å². The van der Waals surface area contributed by atoms with Gasteiger partial charge in [0, 0.05) is 15.9 Å². The fourth-order valence-electron chi connectivity index (χ4n) is 1.92. The van der Waals surface area contributed by atoms with Gasteiger partial charge in [-0.15, -0.1) is 5.73 Å². The third-order valence-electron chi connectivity index (χ3n) is 2.97. The second kappa shape index (κ2) is 5.23. The van der Waals surface area contributed by atoms with Crippen LogP contribution in [0.5, 0.6) is 0 Å². The molecule has 90 valence electrons. The highest BCUT2D eigenvalue weighted by atomic mass is 31.2. The first-order chi connectivity index (χ1) is 8.69. The van der Waals surface area contributed by atoms with Gasteiger partial charge in [-0.3, -0.25) is 0 Å². The second-order valence-corrected chi connectivity index (χ2v) is 6.96. The topological polar surface area (TPSA) is 17.1 Å². The van der Waals surface area contributed by atoms with E-state index in [1.807, 2.05) is 67.6 Å². The second-order valence-electron chi connectivity index (χ2n) is 4.04. The van der Waals surface area contributed by atoms with E-state index in [1.54, 1.807) is 0 Å². The van der Waals surface area contributed by atoms with Gasteiger partial charge in [0.2, 0.25) is 0 Å². The highest BCUT2D eigenvalue weighted by Crippen LogP contribution is 2.50. The van der Waals surface area contributed by atoms with E-state index in [-0.39, 0.29) is 0 Å². The summed E-state index contributed by atoms with van der Waals surface area (Å²) >= 11 is 0. The molecule has 1 nitrogen and oxygen atoms in total. The summed E-state index contributed by atoms with van der Waals surface area (Å²) in [5.41, 5.74) is 2.81. The van der Waals surface area contributed by atoms with Crippen molar-refractivity contribution in [2.45, 2.75) is 6.92 Å². The van der Waals surface area contributed by atoms with Gasteiger partial charge in [0.1, 0.15) is 0 Å². The minimum atomic E-state index is -2.77. The zero-order chi connectivity index (χ0) is 13.0. The summed E-state index contributed by atoms with van der Waals surface area (Å²) in [4.78, 5) is 0. The van der Waals surface area contributed by atoms with Gasteiger partial charge in [0.25, 0.3) is 0 Å². The molecule has 0 N–H and O–H groups in total. The van der Waals surface area contributed by atoms with Crippen molar-refractivity contribution in [3.05, 3.63) is 78.3 Å². The Morgan fingerprint density at radius 1 is 0.944 bits per heavy atom. The number of hydrogen-bond acceptors (Lipinski definition) is 1. The molecule has 0 aliphatic carbocycles. The molecule has 2 aromatic rings. The summed E-state index contributed by atoms with van der Waals surface area (Å²) in [5, 5.41) is 2.34. The fourth-order valence-corrected chi connectivity index (χ4v) is 4.40. The predicted molar refractivity (Wildman–Crippen MR) is 78.1 cm³/mol. The Morgan fingerprint density at radius 3 is 1.67 bits per heavy atom. The summed E-state index contributed by atoms with van der Waals surface area (Å²) in [7, 11) is -2.77. The monoisotopic (exact) mass is 254 g/mol. The number of hydrogen-bond donors (Lipinski definition) is 0. The van der Waals surface area contributed by atoms with Gasteiger partial charge in [-0.2, -0.15) is 0 Å². The first-order valence-corrected chi connectivity index (χ1v) is 7.49. The molecule has 0 unspecified atom stereocenters. The third-order valence-corrected chi connectivity index (χ3v) is 6.12. The molecule has 0 spiro atoms. The first kappa shape index (κ1) is 12.6. The fraction of sp³-hybridized carbons (Fsp3) is 0.0625. The van der Waals surface area contributed by atoms with Crippen LogP contribution >= 0.6 is 7.14 Å². The van der Waals surface area contributed by atoms with Gasteiger partial charge in [0.05, 0.1) is 0 Å². The standard InChI is InChI=1S/C16H15OP/c1-3-14(2)18(17,15-10-6-4-7-11-15)16-12-8-5-9-13-16/h4-13H,1H2,2H3. The maximum atomic E-state index is 13.4. The molecular weight excluding hydrogens is 239 g/mol. The highest BCUT2D eigenvalue weighted by molar-refractivity contribution is 7.82. The lowest BCUT2D eigenvalue weighted by molar-refractivity contribution is 0.590. The average Bonchev–Trinajstić information content (AvgIpc) is 2.47. The molecule has 0 atom stereocenters. The molecule has 0 fully saturated rings. The SMILES string of the molecule is C=C=C(C)P(=O)(c1ccccc1)c1ccccc1. The van der Waals surface area contributed by atoms with Crippen LogP contribution in [0.1, 0.15) is 6.92 Å². The van der Waals surface area contributed by atoms with Crippen molar-refractivity contribution < 1.29 is 4.57 Å². The van der Waals surface area contributed by atoms with Crippen LogP contribution in [0.4, 0.5) is 0 Å². The van der Waals surface area contributed by atoms with Crippen molar-refractivity contribution in [3.8, 4) is 0 Å². The number of rotatable bonds is 3. The van der Waals surface area contributed by atoms with Gasteiger partial charge in [-0.25, -0.2) is 0 Å². The lowest BCUT2D eigenvalue weighted by atomic mass is 10.4. The first-order valence-electron chi connectivity index (χ1n) is 5.78. The maximum absolute atomic E-state index is 13.4. The van der Waals surface area contributed by atoms with Crippen molar-refractivity contribution in [2.75, 3.05) is 0 Å². The van der Waals surface area contributed by atoms with E-state index >= 15 is 0 Å². The average molecular weight is 254 g/mol. The number of benzene rings is 2. The van der Waals surface area contributed by atoms with E-state index in [2.05, 4.69) is 12.3 Å². The Labute approximate surface area is 108 Å². The Hall–Kier alpha value is -1.81. The molecule has 0 amide bonds. The normalized spacial score (nSPS) is 10.7. The molecule has 0 bridgehead atoms. The van der Waals surface area contributed by atoms with Crippen LogP contribution in [-0.4, -0.2) is 0 Å². The highest BCUT2D eigenvalue weighted by Gasteiger charge is 2.28. The van der Waals surface area contributed by atoms with Crippen molar-refractivity contribution in [1.82, 2.24) is 0 Å². The van der Waals surface area contributed by atoms with E-state index in [0.717, 1.165) is 10.6 Å². The lowest BCUT2D eigenvalue weighted by Crippen LogP contribution is -2.16. The predicted octanol–water partition coefficient (Wildman–Crippen LogP) is 3.69. The summed E-state index contributed by atoms with van der Waals surface area (Å²) in [6, 6.07) is 19.1. The molecule has 0 saturated heterocycles. The van der Waals surface area contributed by atoms with Crippen LogP contribution in [0.3, 0.4) is 0 Å². The quantitative estimate of drug-likeness (QED) is 0.603. The van der Waals surface area contributed by atoms with E-state index in [9.17, 15) is 4.57 Å². The van der Waals surface area contributed by atoms with Gasteiger partial charge in [-0.1, -0.05) is 67.2 Å². The van der Waals surface area contributed by atoms with E-state index in [0.29, 0.717) is 5.31 Å². The van der Waals surface area contributed by atoms with Crippen LogP contribution < -0.4 is 10.6 Å². The minimum Gasteiger partial charge on any atom is -0.308 e. The summed E-state index contributed by atoms with van der Waals surface area (Å²) < 4.78 is 13.4. The molecule has 2 rings (SSSR count). The number of allylic oxidation sites excluding steroid dienone is 1. The lowest BCUT2D eigenvalue weighted by Gasteiger charge is -2.18. The molecule has 2 aromatic carbocycles. The molecule has 0 saturated carbocycles. The van der Waals surface area contributed by atoms with Crippen LogP contribution in [0, 0.1) is 0 Å². The molecule has 0 aromatic heterocycles. The summed E-state index contributed by atoms with van der Waals surface area (Å²) in [5.74, 6) is 0. The van der Waals surface area contributed by atoms with E-state index < -0.39 is 7.14 Å². The Morgan fingerprint density at radius 2 is 1.33 bits per heavy atom. The third kappa shape index (κ3) is 2.11. The van der Waals surface area contributed by atoms with Gasteiger partial charge in [0.15, 0.2) is 7.14 Å². The summed E-state index contributed by atoms with van der Waals surface area (Å²) in [6.45, 7) is 5.47. The van der Waals surface area contributed by atoms with Gasteiger partial charge >= 0.3 is 0 Å². The van der Waals surface area contributed by atoms with Gasteiger partial charge in [-0.05, 0) is 6.92 Å². The molecule has 0 aliphatic heterocycles. The van der Waals surface area contributed by atoms with E-state index in [4.69, 9.17) is 0 Å². The van der Waals surface area contributed by atoms with Crippen molar-refractivity contribution in [2.24, 2.45) is 0 Å². The van der Waals surface area contributed by atoms with Crippen LogP contribution in [0.15, 0.2) is 78.3 Å². The molecule has 2 heteroatoms. The summed E-state index contributed by atoms with van der Waals surface area (Å²) in [6.07, 6.45) is 0. The Balaban J connectivity index is 2.71. The van der Waals surface area contributed by atoms with Crippen molar-refractivity contribution in [1.29, 1.82) is 0 Å². The van der Waals surface area contributed by atoms with Crippen LogP contribution in [0.2, 0.25) is 0 Å². The molecule has 18 heavy (non-hydrogen) atoms. The van der Waals surface area contributed by atoms with Gasteiger partial charge < -0.3 is 4.57 Å². The maximum Gasteiger partial charge on any atom is 0.174 e. The smallest absolute Gasteiger partial charge is 0.174 e. The van der Waals surface area contributed by atoms with Crippen molar-refractivity contribution >= 4 is 17.8 Å². The van der Waals surface area contributed by atoms with E-state index in [1.165, 1.54) is 0 Å². The zero-order valence-corrected chi connectivity index (χ0v) is 11.2.